The zero-order chi connectivity index (χ0) is 21.1. The predicted octanol–water partition coefficient (Wildman–Crippen LogP) is 3.19. The Bertz CT molecular complexity index is 1150. The molecule has 0 radical (unpaired) electrons. The third kappa shape index (κ3) is 4.25. The lowest BCUT2D eigenvalue weighted by molar-refractivity contribution is -0.144. The number of carbonyl (C=O) groups is 2. The zero-order valence-corrected chi connectivity index (χ0v) is 16.7. The number of para-hydroxylation sites is 1. The molecule has 154 valence electrons. The number of benzene rings is 2. The van der Waals surface area contributed by atoms with E-state index in [1.807, 2.05) is 18.2 Å². The van der Waals surface area contributed by atoms with Crippen molar-refractivity contribution in [2.75, 3.05) is 7.11 Å². The van der Waals surface area contributed by atoms with E-state index < -0.39 is 5.97 Å². The minimum Gasteiger partial charge on any atom is -0.465 e. The van der Waals surface area contributed by atoms with Crippen molar-refractivity contribution < 1.29 is 19.1 Å². The molecule has 0 amide bonds. The van der Waals surface area contributed by atoms with Gasteiger partial charge in [-0.25, -0.2) is 9.78 Å². The Labute approximate surface area is 173 Å². The third-order valence-corrected chi connectivity index (χ3v) is 5.12. The number of hydrogen-bond donors (Lipinski definition) is 0. The van der Waals surface area contributed by atoms with Crippen molar-refractivity contribution in [3.05, 3.63) is 75.8 Å². The molecule has 1 aliphatic rings. The Kier molecular flexibility index (Phi) is 5.61. The van der Waals surface area contributed by atoms with Crippen LogP contribution in [0.4, 0.5) is 0 Å². The molecule has 1 aromatic heterocycles. The fraction of sp³-hybridized carbons (Fsp3) is 0.304. The van der Waals surface area contributed by atoms with Gasteiger partial charge in [-0.3, -0.25) is 14.2 Å². The smallest absolute Gasteiger partial charge is 0.337 e. The lowest BCUT2D eigenvalue weighted by Gasteiger charge is -2.12. The maximum absolute atomic E-state index is 12.9. The fourth-order valence-electron chi connectivity index (χ4n) is 3.38. The highest BCUT2D eigenvalue weighted by molar-refractivity contribution is 5.89. The topological polar surface area (TPSA) is 87.5 Å². The van der Waals surface area contributed by atoms with Crippen LogP contribution in [0, 0.1) is 0 Å². The molecule has 4 rings (SSSR count). The van der Waals surface area contributed by atoms with Crippen molar-refractivity contribution >= 4 is 22.8 Å². The molecule has 0 spiro atoms. The number of ether oxygens (including phenoxy) is 2. The van der Waals surface area contributed by atoms with E-state index in [2.05, 4.69) is 9.72 Å². The van der Waals surface area contributed by atoms with Crippen LogP contribution in [-0.2, 0) is 27.3 Å². The summed E-state index contributed by atoms with van der Waals surface area (Å²) in [6.07, 6.45) is 2.40. The van der Waals surface area contributed by atoms with E-state index in [-0.39, 0.29) is 30.6 Å². The number of fused-ring (bicyclic) bond motifs is 1. The number of hydrogen-bond acceptors (Lipinski definition) is 6. The van der Waals surface area contributed by atoms with E-state index >= 15 is 0 Å². The van der Waals surface area contributed by atoms with Crippen molar-refractivity contribution in [3.8, 4) is 0 Å². The number of rotatable bonds is 7. The quantitative estimate of drug-likeness (QED) is 0.560. The number of esters is 2. The van der Waals surface area contributed by atoms with E-state index in [1.54, 1.807) is 34.9 Å². The Morgan fingerprint density at radius 1 is 1.10 bits per heavy atom. The average Bonchev–Trinajstić information content (AvgIpc) is 3.61. The molecule has 1 saturated carbocycles. The van der Waals surface area contributed by atoms with Gasteiger partial charge in [-0.15, -0.1) is 0 Å². The predicted molar refractivity (Wildman–Crippen MR) is 110 cm³/mol. The Hall–Kier alpha value is -3.48. The summed E-state index contributed by atoms with van der Waals surface area (Å²) < 4.78 is 11.7. The molecule has 0 saturated heterocycles. The SMILES string of the molecule is COC(=O)c1ccc(COC(=O)CCc2nc3ccccc3c(=O)n2C2CC2)cc1. The first-order chi connectivity index (χ1) is 14.6. The van der Waals surface area contributed by atoms with Crippen LogP contribution in [0.5, 0.6) is 0 Å². The lowest BCUT2D eigenvalue weighted by Crippen LogP contribution is -2.25. The Balaban J connectivity index is 1.40. The van der Waals surface area contributed by atoms with E-state index in [0.717, 1.165) is 18.4 Å². The summed E-state index contributed by atoms with van der Waals surface area (Å²) >= 11 is 0. The van der Waals surface area contributed by atoms with E-state index in [4.69, 9.17) is 4.74 Å². The van der Waals surface area contributed by atoms with E-state index in [9.17, 15) is 14.4 Å². The largest absolute Gasteiger partial charge is 0.465 e. The molecule has 0 aliphatic heterocycles. The summed E-state index contributed by atoms with van der Waals surface area (Å²) in [5.74, 6) is -0.152. The number of carbonyl (C=O) groups excluding carboxylic acids is 2. The molecule has 2 aromatic carbocycles. The van der Waals surface area contributed by atoms with Gasteiger partial charge in [0.25, 0.3) is 5.56 Å². The van der Waals surface area contributed by atoms with Crippen LogP contribution >= 0.6 is 0 Å². The molecular formula is C23H22N2O5. The molecule has 3 aromatic rings. The van der Waals surface area contributed by atoms with Crippen LogP contribution in [0.2, 0.25) is 0 Å². The molecule has 1 aliphatic carbocycles. The molecule has 7 heteroatoms. The number of aryl methyl sites for hydroxylation is 1. The van der Waals surface area contributed by atoms with Gasteiger partial charge in [0, 0.05) is 12.5 Å². The van der Waals surface area contributed by atoms with Gasteiger partial charge in [0.15, 0.2) is 0 Å². The van der Waals surface area contributed by atoms with Crippen LogP contribution in [-0.4, -0.2) is 28.6 Å². The van der Waals surface area contributed by atoms with Gasteiger partial charge in [-0.2, -0.15) is 0 Å². The summed E-state index contributed by atoms with van der Waals surface area (Å²) in [7, 11) is 1.32. The molecule has 30 heavy (non-hydrogen) atoms. The standard InChI is InChI=1S/C23H22N2O5/c1-29-23(28)16-8-6-15(7-9-16)14-30-21(26)13-12-20-24-19-5-3-2-4-18(19)22(27)25(20)17-10-11-17/h2-9,17H,10-14H2,1H3. The number of nitrogens with zero attached hydrogens (tertiary/aromatic N) is 2. The zero-order valence-electron chi connectivity index (χ0n) is 16.7. The molecule has 1 fully saturated rings. The van der Waals surface area contributed by atoms with Crippen LogP contribution in [0.3, 0.4) is 0 Å². The molecule has 0 N–H and O–H groups in total. The highest BCUT2D eigenvalue weighted by Gasteiger charge is 2.28. The number of aromatic nitrogens is 2. The van der Waals surface area contributed by atoms with Crippen molar-refractivity contribution in [2.24, 2.45) is 0 Å². The van der Waals surface area contributed by atoms with Gasteiger partial charge < -0.3 is 9.47 Å². The van der Waals surface area contributed by atoms with Gasteiger partial charge in [0.2, 0.25) is 0 Å². The van der Waals surface area contributed by atoms with Gasteiger partial charge >= 0.3 is 11.9 Å². The summed E-state index contributed by atoms with van der Waals surface area (Å²) in [6.45, 7) is 0.112. The molecule has 0 unspecified atom stereocenters. The highest BCUT2D eigenvalue weighted by atomic mass is 16.5. The summed E-state index contributed by atoms with van der Waals surface area (Å²) in [5.41, 5.74) is 1.81. The summed E-state index contributed by atoms with van der Waals surface area (Å²) in [4.78, 5) is 41.2. The van der Waals surface area contributed by atoms with Gasteiger partial charge in [-0.05, 0) is 42.7 Å². The third-order valence-electron chi connectivity index (χ3n) is 5.12. The minimum absolute atomic E-state index is 0.0443. The van der Waals surface area contributed by atoms with E-state index in [1.165, 1.54) is 7.11 Å². The Morgan fingerprint density at radius 3 is 2.53 bits per heavy atom. The fourth-order valence-corrected chi connectivity index (χ4v) is 3.38. The highest BCUT2D eigenvalue weighted by Crippen LogP contribution is 2.34. The normalized spacial score (nSPS) is 13.2. The molecule has 0 atom stereocenters. The second-order valence-corrected chi connectivity index (χ2v) is 7.30. The average molecular weight is 406 g/mol. The van der Waals surface area contributed by atoms with Crippen molar-refractivity contribution in [1.82, 2.24) is 9.55 Å². The van der Waals surface area contributed by atoms with Gasteiger partial charge in [0.1, 0.15) is 12.4 Å². The minimum atomic E-state index is -0.414. The van der Waals surface area contributed by atoms with Gasteiger partial charge in [0.05, 0.1) is 30.0 Å². The van der Waals surface area contributed by atoms with Crippen LogP contribution in [0.25, 0.3) is 10.9 Å². The summed E-state index contributed by atoms with van der Waals surface area (Å²) in [5, 5.41) is 0.603. The van der Waals surface area contributed by atoms with Crippen LogP contribution < -0.4 is 5.56 Å². The van der Waals surface area contributed by atoms with Crippen molar-refractivity contribution in [2.45, 2.75) is 38.3 Å². The Morgan fingerprint density at radius 2 is 1.83 bits per heavy atom. The van der Waals surface area contributed by atoms with Gasteiger partial charge in [-0.1, -0.05) is 24.3 Å². The summed E-state index contributed by atoms with van der Waals surface area (Å²) in [6, 6.07) is 14.1. The molecule has 7 nitrogen and oxygen atoms in total. The first-order valence-corrected chi connectivity index (χ1v) is 9.90. The van der Waals surface area contributed by atoms with Crippen molar-refractivity contribution in [3.63, 3.8) is 0 Å². The monoisotopic (exact) mass is 406 g/mol. The molecule has 0 bridgehead atoms. The first-order valence-electron chi connectivity index (χ1n) is 9.90. The molecule has 1 heterocycles. The number of methoxy groups -OCH3 is 1. The lowest BCUT2D eigenvalue weighted by atomic mass is 10.1. The van der Waals surface area contributed by atoms with Crippen LogP contribution in [0.1, 0.15) is 47.1 Å². The molecular weight excluding hydrogens is 384 g/mol. The second-order valence-electron chi connectivity index (χ2n) is 7.30. The van der Waals surface area contributed by atoms with Crippen molar-refractivity contribution in [1.29, 1.82) is 0 Å². The second kappa shape index (κ2) is 8.49. The maximum Gasteiger partial charge on any atom is 0.337 e. The first kappa shape index (κ1) is 19.8. The van der Waals surface area contributed by atoms with Crippen LogP contribution in [0.15, 0.2) is 53.3 Å². The maximum atomic E-state index is 12.9. The van der Waals surface area contributed by atoms with E-state index in [0.29, 0.717) is 28.7 Å².